The number of hydrogen-bond donors (Lipinski definition) is 2. The van der Waals surface area contributed by atoms with Crippen molar-refractivity contribution in [3.63, 3.8) is 0 Å². The quantitative estimate of drug-likeness (QED) is 0.384. The van der Waals surface area contributed by atoms with E-state index in [9.17, 15) is 9.59 Å². The molecule has 144 valence electrons. The summed E-state index contributed by atoms with van der Waals surface area (Å²) >= 11 is 1.21. The SMILES string of the molecule is O=C1CCc2cc(C(=O)CSc3nnc(-c4c[nH]c5ccccc45)o3)ccc2N1. The third-order valence-corrected chi connectivity index (χ3v) is 5.69. The second-order valence-electron chi connectivity index (χ2n) is 6.75. The Bertz CT molecular complexity index is 1240. The third kappa shape index (κ3) is 3.42. The van der Waals surface area contributed by atoms with Crippen LogP contribution in [-0.4, -0.2) is 32.6 Å². The minimum atomic E-state index is -0.0263. The van der Waals surface area contributed by atoms with Crippen molar-refractivity contribution in [2.24, 2.45) is 0 Å². The van der Waals surface area contributed by atoms with E-state index in [0.717, 1.165) is 27.7 Å². The van der Waals surface area contributed by atoms with Crippen LogP contribution in [-0.2, 0) is 11.2 Å². The maximum Gasteiger partial charge on any atom is 0.277 e. The molecule has 8 heteroatoms. The summed E-state index contributed by atoms with van der Waals surface area (Å²) in [5.41, 5.74) is 4.21. The van der Waals surface area contributed by atoms with Crippen LogP contribution in [0.2, 0.25) is 0 Å². The summed E-state index contributed by atoms with van der Waals surface area (Å²) in [5.74, 6) is 0.596. The van der Waals surface area contributed by atoms with Crippen LogP contribution in [0.5, 0.6) is 0 Å². The largest absolute Gasteiger partial charge is 0.411 e. The van der Waals surface area contributed by atoms with Gasteiger partial charge in [-0.25, -0.2) is 0 Å². The van der Waals surface area contributed by atoms with Crippen molar-refractivity contribution >= 4 is 40.0 Å². The molecule has 0 atom stereocenters. The molecular weight excluding hydrogens is 388 g/mol. The Labute approximate surface area is 169 Å². The van der Waals surface area contributed by atoms with E-state index in [2.05, 4.69) is 20.5 Å². The number of carbonyl (C=O) groups excluding carboxylic acids is 2. The molecule has 4 aromatic rings. The molecule has 0 bridgehead atoms. The number of ketones is 1. The number of H-pyrrole nitrogens is 1. The van der Waals surface area contributed by atoms with E-state index in [1.807, 2.05) is 36.5 Å². The Morgan fingerprint density at radius 3 is 2.97 bits per heavy atom. The van der Waals surface area contributed by atoms with Gasteiger partial charge in [0.15, 0.2) is 5.78 Å². The normalized spacial score (nSPS) is 13.3. The van der Waals surface area contributed by atoms with Crippen LogP contribution >= 0.6 is 11.8 Å². The minimum Gasteiger partial charge on any atom is -0.411 e. The number of anilines is 1. The number of aromatic nitrogens is 3. The first-order chi connectivity index (χ1) is 14.2. The lowest BCUT2D eigenvalue weighted by Crippen LogP contribution is -2.19. The number of aryl methyl sites for hydroxylation is 1. The molecule has 1 aliphatic rings. The molecule has 0 unspecified atom stereocenters. The standard InChI is InChI=1S/C21H16N4O3S/c26-18(13-5-7-16-12(9-13)6-8-19(27)23-16)11-29-21-25-24-20(28-21)15-10-22-17-4-2-1-3-14(15)17/h1-5,7,9-10,22H,6,8,11H2,(H,23,27). The lowest BCUT2D eigenvalue weighted by Gasteiger charge is -2.17. The fourth-order valence-electron chi connectivity index (χ4n) is 3.39. The third-order valence-electron chi connectivity index (χ3n) is 4.88. The first kappa shape index (κ1) is 17.7. The molecule has 0 aliphatic carbocycles. The van der Waals surface area contributed by atoms with Crippen molar-refractivity contribution in [1.29, 1.82) is 0 Å². The van der Waals surface area contributed by atoms with Crippen LogP contribution in [0.3, 0.4) is 0 Å². The molecule has 1 amide bonds. The van der Waals surface area contributed by atoms with E-state index in [1.165, 1.54) is 11.8 Å². The van der Waals surface area contributed by atoms with E-state index < -0.39 is 0 Å². The number of rotatable bonds is 5. The van der Waals surface area contributed by atoms with E-state index in [0.29, 0.717) is 29.5 Å². The molecule has 5 rings (SSSR count). The van der Waals surface area contributed by atoms with Gasteiger partial charge in [-0.2, -0.15) is 0 Å². The number of thioether (sulfide) groups is 1. The average molecular weight is 404 g/mol. The van der Waals surface area contributed by atoms with Crippen LogP contribution in [0.4, 0.5) is 5.69 Å². The zero-order chi connectivity index (χ0) is 19.8. The van der Waals surface area contributed by atoms with Crippen LogP contribution in [0.25, 0.3) is 22.4 Å². The van der Waals surface area contributed by atoms with Gasteiger partial charge in [0.2, 0.25) is 5.91 Å². The van der Waals surface area contributed by atoms with E-state index in [1.54, 1.807) is 12.1 Å². The summed E-state index contributed by atoms with van der Waals surface area (Å²) in [7, 11) is 0. The minimum absolute atomic E-state index is 0.00882. The Balaban J connectivity index is 1.29. The Morgan fingerprint density at radius 1 is 1.14 bits per heavy atom. The predicted octanol–water partition coefficient (Wildman–Crippen LogP) is 4.08. The van der Waals surface area contributed by atoms with Crippen molar-refractivity contribution in [2.45, 2.75) is 18.1 Å². The maximum atomic E-state index is 12.6. The van der Waals surface area contributed by atoms with Gasteiger partial charge in [-0.3, -0.25) is 9.59 Å². The van der Waals surface area contributed by atoms with Gasteiger partial charge < -0.3 is 14.7 Å². The summed E-state index contributed by atoms with van der Waals surface area (Å²) in [4.78, 5) is 27.2. The highest BCUT2D eigenvalue weighted by molar-refractivity contribution is 7.99. The van der Waals surface area contributed by atoms with Crippen molar-refractivity contribution in [1.82, 2.24) is 15.2 Å². The first-order valence-corrected chi connectivity index (χ1v) is 10.1. The lowest BCUT2D eigenvalue weighted by atomic mass is 9.99. The van der Waals surface area contributed by atoms with Crippen LogP contribution in [0.15, 0.2) is 58.3 Å². The number of aromatic amines is 1. The van der Waals surface area contributed by atoms with E-state index in [-0.39, 0.29) is 17.4 Å². The number of Topliss-reactive ketones (excluding diaryl/α,β-unsaturated/α-hetero) is 1. The summed E-state index contributed by atoms with van der Waals surface area (Å²) < 4.78 is 5.75. The van der Waals surface area contributed by atoms with Crippen molar-refractivity contribution in [2.75, 3.05) is 11.1 Å². The zero-order valence-corrected chi connectivity index (χ0v) is 16.1. The zero-order valence-electron chi connectivity index (χ0n) is 15.3. The number of carbonyl (C=O) groups is 2. The summed E-state index contributed by atoms with van der Waals surface area (Å²) in [6.07, 6.45) is 2.93. The smallest absolute Gasteiger partial charge is 0.277 e. The number of hydrogen-bond acceptors (Lipinski definition) is 6. The summed E-state index contributed by atoms with van der Waals surface area (Å²) in [5, 5.41) is 12.3. The highest BCUT2D eigenvalue weighted by atomic mass is 32.2. The van der Waals surface area contributed by atoms with Gasteiger partial charge in [0.1, 0.15) is 0 Å². The van der Waals surface area contributed by atoms with Crippen molar-refractivity contribution in [3.8, 4) is 11.5 Å². The fraction of sp³-hybridized carbons (Fsp3) is 0.143. The van der Waals surface area contributed by atoms with E-state index in [4.69, 9.17) is 4.42 Å². The van der Waals surface area contributed by atoms with Gasteiger partial charge in [0.05, 0.1) is 11.3 Å². The monoisotopic (exact) mass is 404 g/mol. The average Bonchev–Trinajstić information content (AvgIpc) is 3.38. The Kier molecular flexibility index (Phi) is 4.40. The number of nitrogens with zero attached hydrogens (tertiary/aromatic N) is 2. The number of para-hydroxylation sites is 1. The second kappa shape index (κ2) is 7.21. The van der Waals surface area contributed by atoms with Gasteiger partial charge in [0, 0.05) is 34.8 Å². The Morgan fingerprint density at radius 2 is 2.03 bits per heavy atom. The second-order valence-corrected chi connectivity index (χ2v) is 7.68. The summed E-state index contributed by atoms with van der Waals surface area (Å²) in [6, 6.07) is 13.2. The molecule has 7 nitrogen and oxygen atoms in total. The van der Waals surface area contributed by atoms with Crippen LogP contribution in [0, 0.1) is 0 Å². The molecule has 2 aromatic carbocycles. The molecule has 1 aliphatic heterocycles. The summed E-state index contributed by atoms with van der Waals surface area (Å²) in [6.45, 7) is 0. The number of fused-ring (bicyclic) bond motifs is 2. The van der Waals surface area contributed by atoms with Gasteiger partial charge in [-0.1, -0.05) is 30.0 Å². The molecule has 0 spiro atoms. The van der Waals surface area contributed by atoms with Crippen molar-refractivity contribution in [3.05, 3.63) is 59.8 Å². The molecule has 0 saturated heterocycles. The molecule has 29 heavy (non-hydrogen) atoms. The van der Waals surface area contributed by atoms with Crippen molar-refractivity contribution < 1.29 is 14.0 Å². The molecule has 0 radical (unpaired) electrons. The number of amides is 1. The van der Waals surface area contributed by atoms with E-state index >= 15 is 0 Å². The Hall–Kier alpha value is -3.39. The topological polar surface area (TPSA) is 101 Å². The molecule has 2 N–H and O–H groups in total. The van der Waals surface area contributed by atoms with Gasteiger partial charge >= 0.3 is 0 Å². The fourth-order valence-corrected chi connectivity index (χ4v) is 4.05. The van der Waals surface area contributed by atoms with Crippen LogP contribution < -0.4 is 5.32 Å². The van der Waals surface area contributed by atoms with Gasteiger partial charge in [0.25, 0.3) is 11.1 Å². The van der Waals surface area contributed by atoms with Gasteiger partial charge in [-0.15, -0.1) is 10.2 Å². The first-order valence-electron chi connectivity index (χ1n) is 9.16. The number of nitrogens with one attached hydrogen (secondary N) is 2. The predicted molar refractivity (Wildman–Crippen MR) is 110 cm³/mol. The molecule has 2 aromatic heterocycles. The maximum absolute atomic E-state index is 12.6. The molecular formula is C21H16N4O3S. The van der Waals surface area contributed by atoms with Gasteiger partial charge in [-0.05, 0) is 36.2 Å². The molecule has 0 saturated carbocycles. The number of benzene rings is 2. The highest BCUT2D eigenvalue weighted by Gasteiger charge is 2.18. The van der Waals surface area contributed by atoms with Crippen LogP contribution in [0.1, 0.15) is 22.3 Å². The molecule has 0 fully saturated rings. The lowest BCUT2D eigenvalue weighted by molar-refractivity contribution is -0.116. The highest BCUT2D eigenvalue weighted by Crippen LogP contribution is 2.30. The molecule has 3 heterocycles.